The van der Waals surface area contributed by atoms with Gasteiger partial charge < -0.3 is 10.6 Å². The van der Waals surface area contributed by atoms with Gasteiger partial charge in [0.25, 0.3) is 0 Å². The molecule has 0 atom stereocenters. The van der Waals surface area contributed by atoms with Gasteiger partial charge in [0.2, 0.25) is 5.95 Å². The van der Waals surface area contributed by atoms with Gasteiger partial charge >= 0.3 is 6.18 Å². The summed E-state index contributed by atoms with van der Waals surface area (Å²) >= 11 is 0. The summed E-state index contributed by atoms with van der Waals surface area (Å²) in [7, 11) is 0. The van der Waals surface area contributed by atoms with Gasteiger partial charge in [-0.25, -0.2) is 4.98 Å². The van der Waals surface area contributed by atoms with Crippen LogP contribution < -0.4 is 10.6 Å². The quantitative estimate of drug-likeness (QED) is 0.855. The van der Waals surface area contributed by atoms with E-state index in [1.807, 2.05) is 4.90 Å². The maximum absolute atomic E-state index is 12.7. The van der Waals surface area contributed by atoms with Crippen molar-refractivity contribution in [3.63, 3.8) is 0 Å². The lowest BCUT2D eigenvalue weighted by molar-refractivity contribution is -0.141. The van der Waals surface area contributed by atoms with Gasteiger partial charge in [0.1, 0.15) is 5.82 Å². The fourth-order valence-corrected chi connectivity index (χ4v) is 2.38. The number of hydrogen-bond acceptors (Lipinski definition) is 4. The summed E-state index contributed by atoms with van der Waals surface area (Å²) in [6.45, 7) is 5.54. The van der Waals surface area contributed by atoms with E-state index in [-0.39, 0.29) is 17.2 Å². The van der Waals surface area contributed by atoms with Crippen LogP contribution in [0.15, 0.2) is 6.07 Å². The molecule has 2 N–H and O–H groups in total. The first kappa shape index (κ1) is 13.9. The monoisotopic (exact) mass is 274 g/mol. The molecule has 1 saturated heterocycles. The molecule has 0 amide bonds. The number of alkyl halides is 3. The van der Waals surface area contributed by atoms with Crippen LogP contribution in [0, 0.1) is 5.41 Å². The van der Waals surface area contributed by atoms with Gasteiger partial charge in [-0.2, -0.15) is 18.2 Å². The molecule has 0 unspecified atom stereocenters. The van der Waals surface area contributed by atoms with Gasteiger partial charge in [-0.05, 0) is 18.3 Å². The molecule has 0 aliphatic carbocycles. The molecule has 2 heterocycles. The van der Waals surface area contributed by atoms with Crippen LogP contribution in [0.5, 0.6) is 0 Å². The van der Waals surface area contributed by atoms with Crippen molar-refractivity contribution in [3.8, 4) is 0 Å². The Morgan fingerprint density at radius 3 is 2.58 bits per heavy atom. The molecule has 0 aromatic carbocycles. The molecule has 0 saturated carbocycles. The fourth-order valence-electron chi connectivity index (χ4n) is 2.38. The van der Waals surface area contributed by atoms with Crippen LogP contribution in [0.25, 0.3) is 0 Å². The smallest absolute Gasteiger partial charge is 0.368 e. The van der Waals surface area contributed by atoms with Crippen LogP contribution in [-0.4, -0.2) is 23.1 Å². The van der Waals surface area contributed by atoms with Crippen molar-refractivity contribution in [3.05, 3.63) is 11.8 Å². The van der Waals surface area contributed by atoms with Crippen LogP contribution in [0.2, 0.25) is 0 Å². The number of anilines is 2. The van der Waals surface area contributed by atoms with Crippen LogP contribution in [0.1, 0.15) is 32.4 Å². The van der Waals surface area contributed by atoms with Crippen molar-refractivity contribution in [2.45, 2.75) is 32.9 Å². The molecular weight excluding hydrogens is 257 g/mol. The first-order valence-electron chi connectivity index (χ1n) is 6.14. The third kappa shape index (κ3) is 3.27. The topological polar surface area (TPSA) is 55.0 Å². The number of nitrogens with two attached hydrogens (primary N) is 1. The molecule has 1 aliphatic rings. The Labute approximate surface area is 109 Å². The van der Waals surface area contributed by atoms with E-state index in [2.05, 4.69) is 23.8 Å². The summed E-state index contributed by atoms with van der Waals surface area (Å²) in [5.74, 6) is -0.0826. The third-order valence-electron chi connectivity index (χ3n) is 3.24. The minimum atomic E-state index is -4.50. The van der Waals surface area contributed by atoms with Gasteiger partial charge in [0.15, 0.2) is 5.69 Å². The van der Waals surface area contributed by atoms with Crippen molar-refractivity contribution in [1.29, 1.82) is 0 Å². The van der Waals surface area contributed by atoms with Crippen molar-refractivity contribution >= 4 is 11.8 Å². The number of rotatable bonds is 1. The summed E-state index contributed by atoms with van der Waals surface area (Å²) in [5, 5.41) is 0. The van der Waals surface area contributed by atoms with E-state index in [1.165, 1.54) is 0 Å². The Morgan fingerprint density at radius 2 is 2.00 bits per heavy atom. The van der Waals surface area contributed by atoms with Crippen LogP contribution >= 0.6 is 0 Å². The van der Waals surface area contributed by atoms with Gasteiger partial charge in [-0.3, -0.25) is 0 Å². The van der Waals surface area contributed by atoms with Crippen LogP contribution in [0.3, 0.4) is 0 Å². The van der Waals surface area contributed by atoms with E-state index in [9.17, 15) is 13.2 Å². The van der Waals surface area contributed by atoms with E-state index in [4.69, 9.17) is 5.73 Å². The molecule has 2 rings (SSSR count). The Hall–Kier alpha value is -1.53. The lowest BCUT2D eigenvalue weighted by atomic mass is 9.84. The molecule has 0 spiro atoms. The molecule has 1 aromatic heterocycles. The maximum Gasteiger partial charge on any atom is 0.433 e. The molecule has 106 valence electrons. The fraction of sp³-hybridized carbons (Fsp3) is 0.667. The summed E-state index contributed by atoms with van der Waals surface area (Å²) in [4.78, 5) is 9.02. The summed E-state index contributed by atoms with van der Waals surface area (Å²) < 4.78 is 38.1. The summed E-state index contributed by atoms with van der Waals surface area (Å²) in [6, 6.07) is 0.970. The van der Waals surface area contributed by atoms with E-state index in [1.54, 1.807) is 0 Å². The predicted molar refractivity (Wildman–Crippen MR) is 66.7 cm³/mol. The second-order valence-corrected chi connectivity index (χ2v) is 5.66. The van der Waals surface area contributed by atoms with Crippen molar-refractivity contribution in [1.82, 2.24) is 9.97 Å². The zero-order chi connectivity index (χ0) is 14.3. The third-order valence-corrected chi connectivity index (χ3v) is 3.24. The van der Waals surface area contributed by atoms with Gasteiger partial charge in [0, 0.05) is 19.2 Å². The average molecular weight is 274 g/mol. The maximum atomic E-state index is 12.7. The highest BCUT2D eigenvalue weighted by Crippen LogP contribution is 2.34. The summed E-state index contributed by atoms with van der Waals surface area (Å²) in [5.41, 5.74) is 4.46. The SMILES string of the molecule is CC1(C)CCCN(c2cc(C(F)(F)F)nc(N)n2)C1. The largest absolute Gasteiger partial charge is 0.433 e. The Morgan fingerprint density at radius 1 is 1.32 bits per heavy atom. The van der Waals surface area contributed by atoms with Gasteiger partial charge in [-0.15, -0.1) is 0 Å². The zero-order valence-corrected chi connectivity index (χ0v) is 11.0. The number of hydrogen-bond donors (Lipinski definition) is 1. The van der Waals surface area contributed by atoms with Crippen molar-refractivity contribution < 1.29 is 13.2 Å². The predicted octanol–water partition coefficient (Wildman–Crippen LogP) is 2.70. The van der Waals surface area contributed by atoms with E-state index >= 15 is 0 Å². The van der Waals surface area contributed by atoms with E-state index in [0.717, 1.165) is 18.9 Å². The van der Waals surface area contributed by atoms with Gasteiger partial charge in [0.05, 0.1) is 0 Å². The number of halogens is 3. The second kappa shape index (κ2) is 4.54. The Bertz CT molecular complexity index is 471. The number of aromatic nitrogens is 2. The summed E-state index contributed by atoms with van der Waals surface area (Å²) in [6.07, 6.45) is -2.52. The highest BCUT2D eigenvalue weighted by Gasteiger charge is 2.35. The molecule has 0 bridgehead atoms. The lowest BCUT2D eigenvalue weighted by Gasteiger charge is -2.38. The molecule has 7 heteroatoms. The lowest BCUT2D eigenvalue weighted by Crippen LogP contribution is -2.40. The molecule has 0 radical (unpaired) electrons. The average Bonchev–Trinajstić information content (AvgIpc) is 2.25. The highest BCUT2D eigenvalue weighted by atomic mass is 19.4. The van der Waals surface area contributed by atoms with Crippen LogP contribution in [0.4, 0.5) is 24.9 Å². The van der Waals surface area contributed by atoms with Crippen LogP contribution in [-0.2, 0) is 6.18 Å². The minimum Gasteiger partial charge on any atom is -0.368 e. The first-order chi connectivity index (χ1) is 8.67. The Balaban J connectivity index is 2.32. The van der Waals surface area contributed by atoms with Crippen molar-refractivity contribution in [2.75, 3.05) is 23.7 Å². The molecule has 1 fully saturated rings. The second-order valence-electron chi connectivity index (χ2n) is 5.66. The molecule has 4 nitrogen and oxygen atoms in total. The molecule has 19 heavy (non-hydrogen) atoms. The molecule has 1 aliphatic heterocycles. The number of nitrogens with zero attached hydrogens (tertiary/aromatic N) is 3. The normalized spacial score (nSPS) is 19.5. The Kier molecular flexibility index (Phi) is 3.32. The number of piperidine rings is 1. The van der Waals surface area contributed by atoms with Gasteiger partial charge in [-0.1, -0.05) is 13.8 Å². The standard InChI is InChI=1S/C12H17F3N4/c1-11(2)4-3-5-19(7-11)9-6-8(12(13,14)15)17-10(16)18-9/h6H,3-5,7H2,1-2H3,(H2,16,17,18). The zero-order valence-electron chi connectivity index (χ0n) is 11.0. The van der Waals surface area contributed by atoms with Crippen molar-refractivity contribution in [2.24, 2.45) is 5.41 Å². The first-order valence-corrected chi connectivity index (χ1v) is 6.14. The van der Waals surface area contributed by atoms with E-state index < -0.39 is 11.9 Å². The minimum absolute atomic E-state index is 0.0658. The molecule has 1 aromatic rings. The molecular formula is C12H17F3N4. The van der Waals surface area contributed by atoms with E-state index in [0.29, 0.717) is 13.1 Å². The number of nitrogen functional groups attached to an aromatic ring is 1. The highest BCUT2D eigenvalue weighted by molar-refractivity contribution is 5.44.